The Bertz CT molecular complexity index is 1010. The molecular formula is C22H22N4O3. The molecule has 148 valence electrons. The van der Waals surface area contributed by atoms with Gasteiger partial charge in [0.1, 0.15) is 6.04 Å². The lowest BCUT2D eigenvalue weighted by molar-refractivity contribution is -0.125. The molecule has 2 aromatic carbocycles. The molecular weight excluding hydrogens is 368 g/mol. The number of rotatable bonds is 5. The van der Waals surface area contributed by atoms with Crippen LogP contribution in [0.5, 0.6) is 0 Å². The van der Waals surface area contributed by atoms with Crippen LogP contribution in [0.3, 0.4) is 0 Å². The third-order valence-corrected chi connectivity index (χ3v) is 5.32. The van der Waals surface area contributed by atoms with Crippen LogP contribution < -0.4 is 16.4 Å². The average Bonchev–Trinajstić information content (AvgIpc) is 2.98. The van der Waals surface area contributed by atoms with Crippen LogP contribution in [0.1, 0.15) is 44.7 Å². The Morgan fingerprint density at radius 1 is 1.07 bits per heavy atom. The van der Waals surface area contributed by atoms with E-state index in [9.17, 15) is 14.4 Å². The largest absolute Gasteiger partial charge is 0.380 e. The van der Waals surface area contributed by atoms with Crippen molar-refractivity contribution >= 4 is 23.4 Å². The van der Waals surface area contributed by atoms with Gasteiger partial charge in [0.2, 0.25) is 5.91 Å². The fraction of sp³-hybridized carbons (Fsp3) is 0.227. The number of benzene rings is 2. The first-order chi connectivity index (χ1) is 14.0. The number of anilines is 1. The fourth-order valence-corrected chi connectivity index (χ4v) is 3.73. The van der Waals surface area contributed by atoms with Gasteiger partial charge in [-0.1, -0.05) is 36.9 Å². The summed E-state index contributed by atoms with van der Waals surface area (Å²) in [6.45, 7) is 4.72. The molecule has 0 radical (unpaired) electrons. The first kappa shape index (κ1) is 18.9. The standard InChI is InChI=1S/C22H22N4O3/c1-13-5-10-18(20(27)25-13)26-21(28)16-3-2-4-17(19(16)22(26)29)24-12-15-8-6-14(11-23)7-9-15/h2-4,6-9,18,24H,1,5,10-12,23H2,(H,25,27)/t18-/m1/s1. The van der Waals surface area contributed by atoms with E-state index in [0.717, 1.165) is 16.0 Å². The van der Waals surface area contributed by atoms with Crippen molar-refractivity contribution in [2.75, 3.05) is 5.32 Å². The van der Waals surface area contributed by atoms with Gasteiger partial charge in [0.05, 0.1) is 11.1 Å². The zero-order valence-corrected chi connectivity index (χ0v) is 15.9. The average molecular weight is 390 g/mol. The molecule has 2 aliphatic rings. The number of piperidine rings is 1. The van der Waals surface area contributed by atoms with Gasteiger partial charge in [0, 0.05) is 24.5 Å². The fourth-order valence-electron chi connectivity index (χ4n) is 3.73. The molecule has 7 nitrogen and oxygen atoms in total. The first-order valence-corrected chi connectivity index (χ1v) is 9.51. The van der Waals surface area contributed by atoms with Gasteiger partial charge in [-0.2, -0.15) is 0 Å². The zero-order valence-electron chi connectivity index (χ0n) is 15.9. The highest BCUT2D eigenvalue weighted by molar-refractivity contribution is 6.25. The Balaban J connectivity index is 1.57. The molecule has 4 N–H and O–H groups in total. The van der Waals surface area contributed by atoms with Crippen molar-refractivity contribution in [1.82, 2.24) is 10.2 Å². The van der Waals surface area contributed by atoms with E-state index in [1.54, 1.807) is 18.2 Å². The molecule has 7 heteroatoms. The van der Waals surface area contributed by atoms with E-state index >= 15 is 0 Å². The van der Waals surface area contributed by atoms with Crippen molar-refractivity contribution in [2.45, 2.75) is 32.0 Å². The van der Waals surface area contributed by atoms with Gasteiger partial charge in [0.15, 0.2) is 0 Å². The van der Waals surface area contributed by atoms with Crippen LogP contribution in [-0.4, -0.2) is 28.7 Å². The van der Waals surface area contributed by atoms with Crippen molar-refractivity contribution in [3.8, 4) is 0 Å². The Hall–Kier alpha value is -3.45. The van der Waals surface area contributed by atoms with Crippen LogP contribution in [0.2, 0.25) is 0 Å². The Morgan fingerprint density at radius 3 is 2.48 bits per heavy atom. The summed E-state index contributed by atoms with van der Waals surface area (Å²) in [5.74, 6) is -1.25. The van der Waals surface area contributed by atoms with Gasteiger partial charge < -0.3 is 16.4 Å². The summed E-state index contributed by atoms with van der Waals surface area (Å²) in [5.41, 5.74) is 9.50. The SMILES string of the molecule is C=C1CC[C@@H](N2C(=O)c3cccc(NCc4ccc(CN)cc4)c3C2=O)C(=O)N1. The lowest BCUT2D eigenvalue weighted by Gasteiger charge is -2.29. The Labute approximate surface area is 168 Å². The number of nitrogens with two attached hydrogens (primary N) is 1. The summed E-state index contributed by atoms with van der Waals surface area (Å²) in [5, 5.41) is 5.89. The molecule has 0 saturated carbocycles. The number of fused-ring (bicyclic) bond motifs is 1. The van der Waals surface area contributed by atoms with Crippen LogP contribution in [0.4, 0.5) is 5.69 Å². The highest BCUT2D eigenvalue weighted by Gasteiger charge is 2.44. The van der Waals surface area contributed by atoms with E-state index in [1.807, 2.05) is 24.3 Å². The van der Waals surface area contributed by atoms with E-state index in [2.05, 4.69) is 17.2 Å². The number of amides is 3. The van der Waals surface area contributed by atoms with Gasteiger partial charge in [-0.05, 0) is 36.1 Å². The molecule has 2 aliphatic heterocycles. The topological polar surface area (TPSA) is 105 Å². The van der Waals surface area contributed by atoms with Crippen LogP contribution in [0.25, 0.3) is 0 Å². The minimum absolute atomic E-state index is 0.313. The van der Waals surface area contributed by atoms with Crippen LogP contribution in [0.15, 0.2) is 54.7 Å². The number of allylic oxidation sites excluding steroid dienone is 1. The molecule has 0 spiro atoms. The summed E-state index contributed by atoms with van der Waals surface area (Å²) < 4.78 is 0. The molecule has 2 aromatic rings. The molecule has 1 fully saturated rings. The Morgan fingerprint density at radius 2 is 1.79 bits per heavy atom. The van der Waals surface area contributed by atoms with Crippen molar-refractivity contribution in [1.29, 1.82) is 0 Å². The number of carbonyl (C=O) groups is 3. The normalized spacial score (nSPS) is 18.7. The number of hydrogen-bond donors (Lipinski definition) is 3. The second-order valence-electron chi connectivity index (χ2n) is 7.23. The van der Waals surface area contributed by atoms with Crippen molar-refractivity contribution < 1.29 is 14.4 Å². The predicted octanol–water partition coefficient (Wildman–Crippen LogP) is 2.15. The molecule has 0 aliphatic carbocycles. The van der Waals surface area contributed by atoms with Crippen molar-refractivity contribution in [3.05, 3.63) is 77.0 Å². The highest BCUT2D eigenvalue weighted by atomic mass is 16.2. The van der Waals surface area contributed by atoms with Crippen LogP contribution in [-0.2, 0) is 17.9 Å². The third kappa shape index (κ3) is 3.40. The lowest BCUT2D eigenvalue weighted by atomic mass is 10.0. The number of hydrogen-bond acceptors (Lipinski definition) is 5. The molecule has 0 aromatic heterocycles. The summed E-state index contributed by atoms with van der Waals surface area (Å²) >= 11 is 0. The van der Waals surface area contributed by atoms with Gasteiger partial charge in [0.25, 0.3) is 11.8 Å². The van der Waals surface area contributed by atoms with Gasteiger partial charge in [-0.3, -0.25) is 19.3 Å². The molecule has 2 heterocycles. The maximum Gasteiger partial charge on any atom is 0.264 e. The number of nitrogens with zero attached hydrogens (tertiary/aromatic N) is 1. The molecule has 1 atom stereocenters. The summed E-state index contributed by atoms with van der Waals surface area (Å²) in [6, 6.07) is 12.2. The van der Waals surface area contributed by atoms with Crippen molar-refractivity contribution in [3.63, 3.8) is 0 Å². The van der Waals surface area contributed by atoms with Gasteiger partial charge in [-0.15, -0.1) is 0 Å². The molecule has 29 heavy (non-hydrogen) atoms. The second kappa shape index (κ2) is 7.52. The van der Waals surface area contributed by atoms with Crippen LogP contribution in [0, 0.1) is 0 Å². The van der Waals surface area contributed by atoms with E-state index in [4.69, 9.17) is 5.73 Å². The van der Waals surface area contributed by atoms with Crippen LogP contribution >= 0.6 is 0 Å². The highest BCUT2D eigenvalue weighted by Crippen LogP contribution is 2.33. The zero-order chi connectivity index (χ0) is 20.5. The molecule has 3 amide bonds. The number of carbonyl (C=O) groups excluding carboxylic acids is 3. The quantitative estimate of drug-likeness (QED) is 0.679. The number of nitrogens with one attached hydrogen (secondary N) is 2. The maximum absolute atomic E-state index is 13.1. The third-order valence-electron chi connectivity index (χ3n) is 5.32. The smallest absolute Gasteiger partial charge is 0.264 e. The molecule has 0 bridgehead atoms. The minimum atomic E-state index is -0.815. The number of imide groups is 1. The maximum atomic E-state index is 13.1. The Kier molecular flexibility index (Phi) is 4.90. The van der Waals surface area contributed by atoms with E-state index in [0.29, 0.717) is 48.4 Å². The summed E-state index contributed by atoms with van der Waals surface area (Å²) in [7, 11) is 0. The summed E-state index contributed by atoms with van der Waals surface area (Å²) in [4.78, 5) is 39.4. The molecule has 4 rings (SSSR count). The van der Waals surface area contributed by atoms with E-state index in [1.165, 1.54) is 0 Å². The molecule has 0 unspecified atom stereocenters. The predicted molar refractivity (Wildman–Crippen MR) is 109 cm³/mol. The summed E-state index contributed by atoms with van der Waals surface area (Å²) in [6.07, 6.45) is 0.917. The van der Waals surface area contributed by atoms with E-state index in [-0.39, 0.29) is 5.91 Å². The van der Waals surface area contributed by atoms with Gasteiger partial charge in [-0.25, -0.2) is 0 Å². The van der Waals surface area contributed by atoms with Gasteiger partial charge >= 0.3 is 0 Å². The first-order valence-electron chi connectivity index (χ1n) is 9.51. The van der Waals surface area contributed by atoms with E-state index < -0.39 is 17.9 Å². The van der Waals surface area contributed by atoms with Crippen molar-refractivity contribution in [2.24, 2.45) is 5.73 Å². The second-order valence-corrected chi connectivity index (χ2v) is 7.23. The minimum Gasteiger partial charge on any atom is -0.380 e. The lowest BCUT2D eigenvalue weighted by Crippen LogP contribution is -2.51. The monoisotopic (exact) mass is 390 g/mol. The molecule has 1 saturated heterocycles.